The molecule has 0 unspecified atom stereocenters. The first-order chi connectivity index (χ1) is 9.73. The van der Waals surface area contributed by atoms with Gasteiger partial charge in [0.1, 0.15) is 0 Å². The Balaban J connectivity index is 2.60. The van der Waals surface area contributed by atoms with E-state index in [4.69, 9.17) is 0 Å². The summed E-state index contributed by atoms with van der Waals surface area (Å²) < 4.78 is 0. The van der Waals surface area contributed by atoms with E-state index in [-0.39, 0.29) is 18.0 Å². The molecule has 0 radical (unpaired) electrons. The van der Waals surface area contributed by atoms with E-state index < -0.39 is 11.4 Å². The molecule has 0 aliphatic carbocycles. The van der Waals surface area contributed by atoms with Crippen LogP contribution in [0.5, 0.6) is 0 Å². The van der Waals surface area contributed by atoms with Gasteiger partial charge in [0.25, 0.3) is 0 Å². The Labute approximate surface area is 128 Å². The van der Waals surface area contributed by atoms with Crippen molar-refractivity contribution < 1.29 is 14.7 Å². The van der Waals surface area contributed by atoms with Gasteiger partial charge in [-0.1, -0.05) is 6.92 Å². The average molecular weight is 298 g/mol. The van der Waals surface area contributed by atoms with E-state index in [0.29, 0.717) is 38.9 Å². The highest BCUT2D eigenvalue weighted by atomic mass is 16.4. The van der Waals surface area contributed by atoms with Crippen molar-refractivity contribution in [3.05, 3.63) is 0 Å². The summed E-state index contributed by atoms with van der Waals surface area (Å²) in [5.74, 6) is -0.554. The summed E-state index contributed by atoms with van der Waals surface area (Å²) in [4.78, 5) is 27.9. The minimum atomic E-state index is -0.693. The number of likely N-dealkylation sites (tertiary alicyclic amines) is 1. The van der Waals surface area contributed by atoms with Crippen molar-refractivity contribution in [2.45, 2.75) is 66.0 Å². The van der Waals surface area contributed by atoms with Crippen molar-refractivity contribution in [2.24, 2.45) is 5.41 Å². The lowest BCUT2D eigenvalue weighted by Gasteiger charge is -2.39. The molecule has 5 nitrogen and oxygen atoms in total. The number of hydrogen-bond acceptors (Lipinski definition) is 3. The maximum absolute atomic E-state index is 12.4. The van der Waals surface area contributed by atoms with Gasteiger partial charge in [-0.05, 0) is 60.0 Å². The third-order valence-corrected chi connectivity index (χ3v) is 4.70. The standard InChI is InChI=1S/C16H30N2O3/c1-6-16(15(20)21)7-9-17(10-8-16)11-14(19)18(12(2)3)13(4)5/h12-13H,6-11H2,1-5H3,(H,20,21). The third-order valence-electron chi connectivity index (χ3n) is 4.70. The molecule has 0 aromatic carbocycles. The topological polar surface area (TPSA) is 60.9 Å². The lowest BCUT2D eigenvalue weighted by Crippen LogP contribution is -2.50. The molecule has 1 N–H and O–H groups in total. The van der Waals surface area contributed by atoms with Gasteiger partial charge < -0.3 is 10.0 Å². The number of amides is 1. The van der Waals surface area contributed by atoms with Crippen LogP contribution in [0.15, 0.2) is 0 Å². The normalized spacial score (nSPS) is 19.0. The number of carbonyl (C=O) groups excluding carboxylic acids is 1. The second-order valence-electron chi connectivity index (χ2n) is 6.70. The zero-order chi connectivity index (χ0) is 16.2. The molecule has 1 aliphatic rings. The number of piperidine rings is 1. The summed E-state index contributed by atoms with van der Waals surface area (Å²) in [6.07, 6.45) is 1.93. The van der Waals surface area contributed by atoms with Gasteiger partial charge in [0.15, 0.2) is 0 Å². The molecular weight excluding hydrogens is 268 g/mol. The van der Waals surface area contributed by atoms with E-state index in [9.17, 15) is 14.7 Å². The Kier molecular flexibility index (Phi) is 6.20. The summed E-state index contributed by atoms with van der Waals surface area (Å²) >= 11 is 0. The highest BCUT2D eigenvalue weighted by molar-refractivity contribution is 5.79. The van der Waals surface area contributed by atoms with E-state index in [2.05, 4.69) is 4.90 Å². The first-order valence-corrected chi connectivity index (χ1v) is 8.00. The quantitative estimate of drug-likeness (QED) is 0.816. The van der Waals surface area contributed by atoms with Gasteiger partial charge >= 0.3 is 5.97 Å². The van der Waals surface area contributed by atoms with E-state index in [0.717, 1.165) is 0 Å². The number of carbonyl (C=O) groups is 2. The van der Waals surface area contributed by atoms with Crippen LogP contribution in [0.4, 0.5) is 0 Å². The number of rotatable bonds is 6. The van der Waals surface area contributed by atoms with Crippen LogP contribution in [-0.4, -0.2) is 58.5 Å². The van der Waals surface area contributed by atoms with Crippen LogP contribution in [0, 0.1) is 5.41 Å². The molecule has 0 aromatic heterocycles. The summed E-state index contributed by atoms with van der Waals surface area (Å²) in [5, 5.41) is 9.40. The minimum Gasteiger partial charge on any atom is -0.481 e. The highest BCUT2D eigenvalue weighted by Gasteiger charge is 2.40. The Morgan fingerprint density at radius 3 is 1.95 bits per heavy atom. The summed E-state index contributed by atoms with van der Waals surface area (Å²) in [7, 11) is 0. The van der Waals surface area contributed by atoms with Crippen molar-refractivity contribution in [1.29, 1.82) is 0 Å². The van der Waals surface area contributed by atoms with E-state index >= 15 is 0 Å². The molecule has 1 fully saturated rings. The molecule has 1 saturated heterocycles. The number of hydrogen-bond donors (Lipinski definition) is 1. The molecule has 1 heterocycles. The largest absolute Gasteiger partial charge is 0.481 e. The molecule has 0 atom stereocenters. The first kappa shape index (κ1) is 18.0. The maximum Gasteiger partial charge on any atom is 0.309 e. The molecule has 5 heteroatoms. The molecule has 0 spiro atoms. The Morgan fingerprint density at radius 2 is 1.62 bits per heavy atom. The number of carboxylic acids is 1. The summed E-state index contributed by atoms with van der Waals surface area (Å²) in [5.41, 5.74) is -0.588. The van der Waals surface area contributed by atoms with Crippen LogP contribution in [0.3, 0.4) is 0 Å². The van der Waals surface area contributed by atoms with E-state index in [1.165, 1.54) is 0 Å². The van der Waals surface area contributed by atoms with Gasteiger partial charge in [0.2, 0.25) is 5.91 Å². The smallest absolute Gasteiger partial charge is 0.309 e. The van der Waals surface area contributed by atoms with Gasteiger partial charge in [-0.15, -0.1) is 0 Å². The second-order valence-corrected chi connectivity index (χ2v) is 6.70. The second kappa shape index (κ2) is 7.25. The fourth-order valence-electron chi connectivity index (χ4n) is 3.30. The fourth-order valence-corrected chi connectivity index (χ4v) is 3.30. The number of carboxylic acid groups (broad SMARTS) is 1. The van der Waals surface area contributed by atoms with Crippen molar-refractivity contribution in [3.8, 4) is 0 Å². The SMILES string of the molecule is CCC1(C(=O)O)CCN(CC(=O)N(C(C)C)C(C)C)CC1. The van der Waals surface area contributed by atoms with Crippen LogP contribution in [-0.2, 0) is 9.59 Å². The Hall–Kier alpha value is -1.10. The third kappa shape index (κ3) is 4.19. The molecular formula is C16H30N2O3. The van der Waals surface area contributed by atoms with Crippen LogP contribution in [0.2, 0.25) is 0 Å². The van der Waals surface area contributed by atoms with Gasteiger partial charge in [-0.2, -0.15) is 0 Å². The molecule has 21 heavy (non-hydrogen) atoms. The lowest BCUT2D eigenvalue weighted by atomic mass is 9.76. The lowest BCUT2D eigenvalue weighted by molar-refractivity contribution is -0.152. The zero-order valence-corrected chi connectivity index (χ0v) is 14.1. The van der Waals surface area contributed by atoms with Gasteiger partial charge in [0.05, 0.1) is 12.0 Å². The molecule has 0 bridgehead atoms. The molecule has 1 amide bonds. The average Bonchev–Trinajstić information content (AvgIpc) is 2.38. The van der Waals surface area contributed by atoms with E-state index in [1.807, 2.05) is 39.5 Å². The van der Waals surface area contributed by atoms with Crippen molar-refractivity contribution in [1.82, 2.24) is 9.80 Å². The minimum absolute atomic E-state index is 0.138. The molecule has 1 rings (SSSR count). The van der Waals surface area contributed by atoms with Crippen LogP contribution in [0.1, 0.15) is 53.9 Å². The maximum atomic E-state index is 12.4. The Bertz CT molecular complexity index is 364. The van der Waals surface area contributed by atoms with E-state index in [1.54, 1.807) is 0 Å². The van der Waals surface area contributed by atoms with Crippen molar-refractivity contribution in [3.63, 3.8) is 0 Å². The number of aliphatic carboxylic acids is 1. The monoisotopic (exact) mass is 298 g/mol. The van der Waals surface area contributed by atoms with Gasteiger partial charge in [0, 0.05) is 12.1 Å². The Morgan fingerprint density at radius 1 is 1.14 bits per heavy atom. The van der Waals surface area contributed by atoms with Crippen LogP contribution >= 0.6 is 0 Å². The molecule has 1 aliphatic heterocycles. The predicted molar refractivity (Wildman–Crippen MR) is 83.2 cm³/mol. The number of nitrogens with zero attached hydrogens (tertiary/aromatic N) is 2. The van der Waals surface area contributed by atoms with Gasteiger partial charge in [-0.3, -0.25) is 14.5 Å². The predicted octanol–water partition coefficient (Wildman–Crippen LogP) is 2.21. The highest BCUT2D eigenvalue weighted by Crippen LogP contribution is 2.35. The molecule has 122 valence electrons. The van der Waals surface area contributed by atoms with Crippen LogP contribution in [0.25, 0.3) is 0 Å². The summed E-state index contributed by atoms with van der Waals surface area (Å²) in [6.45, 7) is 11.8. The first-order valence-electron chi connectivity index (χ1n) is 8.00. The summed E-state index contributed by atoms with van der Waals surface area (Å²) in [6, 6.07) is 0.382. The molecule has 0 aromatic rings. The zero-order valence-electron chi connectivity index (χ0n) is 14.1. The van der Waals surface area contributed by atoms with Gasteiger partial charge in [-0.25, -0.2) is 0 Å². The van der Waals surface area contributed by atoms with Crippen molar-refractivity contribution in [2.75, 3.05) is 19.6 Å². The molecule has 0 saturated carbocycles. The van der Waals surface area contributed by atoms with Crippen molar-refractivity contribution >= 4 is 11.9 Å². The fraction of sp³-hybridized carbons (Fsp3) is 0.875. The van der Waals surface area contributed by atoms with Crippen LogP contribution < -0.4 is 0 Å².